The lowest BCUT2D eigenvalue weighted by Crippen LogP contribution is -2.54. The van der Waals surface area contributed by atoms with Crippen molar-refractivity contribution in [3.8, 4) is 0 Å². The quantitative estimate of drug-likeness (QED) is 0.784. The molecule has 1 aliphatic carbocycles. The maximum absolute atomic E-state index is 11.8. The first-order valence-electron chi connectivity index (χ1n) is 5.03. The molecule has 2 rings (SSSR count). The molecule has 1 amide bonds. The molecule has 1 aromatic rings. The Labute approximate surface area is 103 Å². The second-order valence-electron chi connectivity index (χ2n) is 3.90. The van der Waals surface area contributed by atoms with Gasteiger partial charge in [-0.3, -0.25) is 4.79 Å². The molecule has 86 valence electrons. The van der Waals surface area contributed by atoms with E-state index in [1.807, 2.05) is 0 Å². The molecule has 0 aromatic carbocycles. The van der Waals surface area contributed by atoms with Gasteiger partial charge in [-0.05, 0) is 24.4 Å². The molecular weight excluding hydrogens is 244 g/mol. The molecule has 0 radical (unpaired) electrons. The Morgan fingerprint density at radius 2 is 2.25 bits per heavy atom. The number of carbonyl (C=O) groups excluding carboxylic acids is 1. The molecule has 0 saturated heterocycles. The molecular formula is C9H12N4OS2. The lowest BCUT2D eigenvalue weighted by atomic mass is 9.97. The lowest BCUT2D eigenvalue weighted by molar-refractivity contribution is 0.0919. The average Bonchev–Trinajstić information content (AvgIpc) is 2.88. The smallest absolute Gasteiger partial charge is 0.273 e. The Bertz CT molecular complexity index is 398. The van der Waals surface area contributed by atoms with Crippen molar-refractivity contribution in [2.45, 2.75) is 31.2 Å². The van der Waals surface area contributed by atoms with E-state index in [1.54, 1.807) is 5.38 Å². The lowest BCUT2D eigenvalue weighted by Gasteiger charge is -2.28. The number of thiocarbonyl (C=S) groups is 1. The maximum atomic E-state index is 11.8. The molecule has 0 spiro atoms. The van der Waals surface area contributed by atoms with Crippen LogP contribution in [0.2, 0.25) is 0 Å². The van der Waals surface area contributed by atoms with Crippen molar-refractivity contribution >= 4 is 34.6 Å². The maximum Gasteiger partial charge on any atom is 0.273 e. The number of hydrogen-bond acceptors (Lipinski definition) is 5. The predicted molar refractivity (Wildman–Crippen MR) is 65.4 cm³/mol. The molecule has 1 fully saturated rings. The number of aromatic nitrogens is 2. The highest BCUT2D eigenvalue weighted by Gasteiger charge is 2.38. The number of nitrogens with zero attached hydrogens (tertiary/aromatic N) is 2. The zero-order chi connectivity index (χ0) is 11.6. The highest BCUT2D eigenvalue weighted by molar-refractivity contribution is 7.80. The van der Waals surface area contributed by atoms with E-state index in [0.717, 1.165) is 37.2 Å². The number of nitrogens with two attached hydrogens (primary N) is 1. The van der Waals surface area contributed by atoms with Gasteiger partial charge in [-0.15, -0.1) is 5.10 Å². The second kappa shape index (κ2) is 4.42. The van der Waals surface area contributed by atoms with Gasteiger partial charge in [-0.1, -0.05) is 29.5 Å². The largest absolute Gasteiger partial charge is 0.391 e. The second-order valence-corrected chi connectivity index (χ2v) is 4.95. The predicted octanol–water partition coefficient (Wildman–Crippen LogP) is 0.867. The number of nitrogens with one attached hydrogen (secondary N) is 1. The van der Waals surface area contributed by atoms with Gasteiger partial charge < -0.3 is 11.1 Å². The Hall–Kier alpha value is -1.08. The van der Waals surface area contributed by atoms with Crippen LogP contribution in [0.3, 0.4) is 0 Å². The molecule has 1 heterocycles. The molecule has 1 aliphatic rings. The van der Waals surface area contributed by atoms with Gasteiger partial charge in [0.05, 0.1) is 10.5 Å². The first-order chi connectivity index (χ1) is 7.64. The van der Waals surface area contributed by atoms with Gasteiger partial charge in [0.1, 0.15) is 0 Å². The number of carbonyl (C=O) groups is 1. The van der Waals surface area contributed by atoms with Crippen LogP contribution in [0.25, 0.3) is 0 Å². The zero-order valence-corrected chi connectivity index (χ0v) is 10.2. The van der Waals surface area contributed by atoms with Crippen molar-refractivity contribution in [3.63, 3.8) is 0 Å². The highest BCUT2D eigenvalue weighted by Crippen LogP contribution is 2.30. The van der Waals surface area contributed by atoms with Crippen LogP contribution >= 0.6 is 23.8 Å². The fourth-order valence-corrected chi connectivity index (χ4v) is 2.65. The van der Waals surface area contributed by atoms with E-state index in [9.17, 15) is 4.79 Å². The monoisotopic (exact) mass is 256 g/mol. The molecule has 1 aromatic heterocycles. The van der Waals surface area contributed by atoms with Gasteiger partial charge in [-0.2, -0.15) is 0 Å². The number of rotatable bonds is 3. The Morgan fingerprint density at radius 3 is 2.75 bits per heavy atom. The summed E-state index contributed by atoms with van der Waals surface area (Å²) in [4.78, 5) is 12.2. The van der Waals surface area contributed by atoms with Crippen LogP contribution in [0.5, 0.6) is 0 Å². The van der Waals surface area contributed by atoms with Crippen molar-refractivity contribution < 1.29 is 4.79 Å². The molecule has 7 heteroatoms. The summed E-state index contributed by atoms with van der Waals surface area (Å²) in [6, 6.07) is 0. The molecule has 0 atom stereocenters. The van der Waals surface area contributed by atoms with Crippen LogP contribution in [0.15, 0.2) is 5.38 Å². The molecule has 3 N–H and O–H groups in total. The molecule has 1 saturated carbocycles. The van der Waals surface area contributed by atoms with E-state index in [0.29, 0.717) is 10.7 Å². The fourth-order valence-electron chi connectivity index (χ4n) is 1.96. The number of hydrogen-bond donors (Lipinski definition) is 2. The first-order valence-corrected chi connectivity index (χ1v) is 6.28. The fraction of sp³-hybridized carbons (Fsp3) is 0.556. The third-order valence-electron chi connectivity index (χ3n) is 2.87. The van der Waals surface area contributed by atoms with Crippen molar-refractivity contribution in [1.82, 2.24) is 14.9 Å². The molecule has 16 heavy (non-hydrogen) atoms. The van der Waals surface area contributed by atoms with E-state index >= 15 is 0 Å². The minimum absolute atomic E-state index is 0.247. The Kier molecular flexibility index (Phi) is 3.15. The summed E-state index contributed by atoms with van der Waals surface area (Å²) >= 11 is 6.19. The highest BCUT2D eigenvalue weighted by atomic mass is 32.1. The number of amides is 1. The SMILES string of the molecule is NC(=S)C1(NC(=O)c2csnn2)CCCC1. The van der Waals surface area contributed by atoms with Crippen molar-refractivity contribution in [2.75, 3.05) is 0 Å². The van der Waals surface area contributed by atoms with Crippen LogP contribution in [0, 0.1) is 0 Å². The van der Waals surface area contributed by atoms with Crippen molar-refractivity contribution in [3.05, 3.63) is 11.1 Å². The summed E-state index contributed by atoms with van der Waals surface area (Å²) in [5.41, 5.74) is 5.53. The van der Waals surface area contributed by atoms with E-state index in [4.69, 9.17) is 18.0 Å². The summed E-state index contributed by atoms with van der Waals surface area (Å²) < 4.78 is 3.65. The summed E-state index contributed by atoms with van der Waals surface area (Å²) in [5, 5.41) is 8.22. The van der Waals surface area contributed by atoms with Crippen LogP contribution in [0.4, 0.5) is 0 Å². The normalized spacial score (nSPS) is 18.2. The van der Waals surface area contributed by atoms with Crippen LogP contribution in [-0.2, 0) is 0 Å². The Balaban J connectivity index is 2.13. The van der Waals surface area contributed by atoms with E-state index in [2.05, 4.69) is 14.9 Å². The molecule has 0 bridgehead atoms. The average molecular weight is 256 g/mol. The van der Waals surface area contributed by atoms with Crippen LogP contribution in [-0.4, -0.2) is 26.0 Å². The van der Waals surface area contributed by atoms with Gasteiger partial charge >= 0.3 is 0 Å². The van der Waals surface area contributed by atoms with Gasteiger partial charge in [0.15, 0.2) is 5.69 Å². The topological polar surface area (TPSA) is 80.9 Å². The van der Waals surface area contributed by atoms with Crippen molar-refractivity contribution in [1.29, 1.82) is 0 Å². The van der Waals surface area contributed by atoms with Gasteiger partial charge in [0, 0.05) is 5.38 Å². The molecule has 0 unspecified atom stereocenters. The minimum Gasteiger partial charge on any atom is -0.391 e. The summed E-state index contributed by atoms with van der Waals surface area (Å²) in [6.07, 6.45) is 3.69. The van der Waals surface area contributed by atoms with E-state index in [1.165, 1.54) is 0 Å². The Morgan fingerprint density at radius 1 is 1.56 bits per heavy atom. The molecule has 5 nitrogen and oxygen atoms in total. The van der Waals surface area contributed by atoms with Crippen molar-refractivity contribution in [2.24, 2.45) is 5.73 Å². The van der Waals surface area contributed by atoms with Gasteiger partial charge in [-0.25, -0.2) is 0 Å². The summed E-state index contributed by atoms with van der Waals surface area (Å²) in [5.74, 6) is -0.247. The van der Waals surface area contributed by atoms with Gasteiger partial charge in [0.25, 0.3) is 5.91 Å². The third kappa shape index (κ3) is 2.05. The van der Waals surface area contributed by atoms with Gasteiger partial charge in [0.2, 0.25) is 0 Å². The summed E-state index contributed by atoms with van der Waals surface area (Å²) in [7, 11) is 0. The standard InChI is InChI=1S/C9H12N4OS2/c10-8(15)9(3-1-2-4-9)11-7(14)6-5-16-13-12-6/h5H,1-4H2,(H2,10,15)(H,11,14). The first kappa shape index (κ1) is 11.4. The van der Waals surface area contributed by atoms with Crippen LogP contribution in [0.1, 0.15) is 36.2 Å². The molecule has 0 aliphatic heterocycles. The third-order valence-corrected chi connectivity index (χ3v) is 3.77. The van der Waals surface area contributed by atoms with E-state index in [-0.39, 0.29) is 5.91 Å². The minimum atomic E-state index is -0.518. The van der Waals surface area contributed by atoms with E-state index < -0.39 is 5.54 Å². The summed E-state index contributed by atoms with van der Waals surface area (Å²) in [6.45, 7) is 0. The van der Waals surface area contributed by atoms with Crippen LogP contribution < -0.4 is 11.1 Å². The zero-order valence-electron chi connectivity index (χ0n) is 8.60.